The number of nitrogens with zero attached hydrogens (tertiary/aromatic N) is 1. The molecule has 3 nitrogen and oxygen atoms in total. The van der Waals surface area contributed by atoms with Gasteiger partial charge in [0.2, 0.25) is 0 Å². The standard InChI is InChI=1S/C26H41NO2/c1-8-27(9-2)18-19-29-25(28)20-22(4)13-10-12-21(3)15-16-24-23(5)14-11-17-26(24,6)7/h10,12-13,15-16,20H,8-9,11,14,17-19H2,1-7H3/b13-10+,16-15+,21-12-,22-20+. The Morgan fingerprint density at radius 1 is 1.14 bits per heavy atom. The summed E-state index contributed by atoms with van der Waals surface area (Å²) >= 11 is 0. The van der Waals surface area contributed by atoms with Crippen molar-refractivity contribution in [2.75, 3.05) is 26.2 Å². The molecule has 3 heteroatoms. The molecule has 0 amide bonds. The van der Waals surface area contributed by atoms with Gasteiger partial charge in [-0.1, -0.05) is 69.2 Å². The molecule has 29 heavy (non-hydrogen) atoms. The predicted octanol–water partition coefficient (Wildman–Crippen LogP) is 6.40. The van der Waals surface area contributed by atoms with E-state index in [-0.39, 0.29) is 11.4 Å². The van der Waals surface area contributed by atoms with Crippen LogP contribution in [0, 0.1) is 5.41 Å². The molecule has 0 saturated heterocycles. The molecule has 0 bridgehead atoms. The predicted molar refractivity (Wildman–Crippen MR) is 125 cm³/mol. The highest BCUT2D eigenvalue weighted by Crippen LogP contribution is 2.40. The molecule has 1 aliphatic rings. The van der Waals surface area contributed by atoms with Gasteiger partial charge in [-0.2, -0.15) is 0 Å². The number of allylic oxidation sites excluding steroid dienone is 9. The van der Waals surface area contributed by atoms with Gasteiger partial charge in [-0.05, 0) is 69.7 Å². The molecule has 1 rings (SSSR count). The molecule has 0 heterocycles. The van der Waals surface area contributed by atoms with Gasteiger partial charge in [-0.25, -0.2) is 4.79 Å². The van der Waals surface area contributed by atoms with E-state index in [0.717, 1.165) is 25.2 Å². The highest BCUT2D eigenvalue weighted by atomic mass is 16.5. The van der Waals surface area contributed by atoms with Gasteiger partial charge >= 0.3 is 5.97 Å². The molecule has 0 atom stereocenters. The summed E-state index contributed by atoms with van der Waals surface area (Å²) in [5.74, 6) is -0.276. The monoisotopic (exact) mass is 399 g/mol. The quantitative estimate of drug-likeness (QED) is 0.242. The van der Waals surface area contributed by atoms with Crippen molar-refractivity contribution in [1.82, 2.24) is 4.90 Å². The van der Waals surface area contributed by atoms with Gasteiger partial charge in [0.05, 0.1) is 0 Å². The first kappa shape index (κ1) is 25.2. The Kier molecular flexibility index (Phi) is 11.0. The third-order valence-electron chi connectivity index (χ3n) is 5.67. The number of ether oxygens (including phenoxy) is 1. The van der Waals surface area contributed by atoms with Crippen LogP contribution in [0.4, 0.5) is 0 Å². The number of carbonyl (C=O) groups excluding carboxylic acids is 1. The molecular formula is C26H41NO2. The lowest BCUT2D eigenvalue weighted by atomic mass is 9.72. The Morgan fingerprint density at radius 3 is 2.45 bits per heavy atom. The summed E-state index contributed by atoms with van der Waals surface area (Å²) in [7, 11) is 0. The van der Waals surface area contributed by atoms with Crippen LogP contribution < -0.4 is 0 Å². The molecule has 1 aliphatic carbocycles. The summed E-state index contributed by atoms with van der Waals surface area (Å²) in [5, 5.41) is 0. The van der Waals surface area contributed by atoms with Crippen LogP contribution >= 0.6 is 0 Å². The summed E-state index contributed by atoms with van der Waals surface area (Å²) in [5.41, 5.74) is 5.33. The van der Waals surface area contributed by atoms with E-state index in [1.54, 1.807) is 6.08 Å². The fourth-order valence-electron chi connectivity index (χ4n) is 3.72. The molecule has 0 radical (unpaired) electrons. The number of esters is 1. The van der Waals surface area contributed by atoms with Crippen molar-refractivity contribution in [3.8, 4) is 0 Å². The molecule has 0 saturated carbocycles. The van der Waals surface area contributed by atoms with E-state index in [0.29, 0.717) is 6.61 Å². The number of hydrogen-bond acceptors (Lipinski definition) is 3. The molecule has 0 N–H and O–H groups in total. The van der Waals surface area contributed by atoms with Gasteiger partial charge < -0.3 is 9.64 Å². The van der Waals surface area contributed by atoms with Crippen molar-refractivity contribution in [1.29, 1.82) is 0 Å². The first-order valence-corrected chi connectivity index (χ1v) is 11.0. The molecule has 0 unspecified atom stereocenters. The molecule has 0 spiro atoms. The van der Waals surface area contributed by atoms with Crippen LogP contribution in [-0.4, -0.2) is 37.1 Å². The maximum atomic E-state index is 11.9. The lowest BCUT2D eigenvalue weighted by molar-refractivity contribution is -0.138. The van der Waals surface area contributed by atoms with E-state index in [1.165, 1.54) is 36.0 Å². The van der Waals surface area contributed by atoms with Gasteiger partial charge in [-0.3, -0.25) is 0 Å². The highest BCUT2D eigenvalue weighted by molar-refractivity contribution is 5.83. The van der Waals surface area contributed by atoms with Crippen LogP contribution in [0.5, 0.6) is 0 Å². The van der Waals surface area contributed by atoms with E-state index >= 15 is 0 Å². The second-order valence-corrected chi connectivity index (χ2v) is 8.62. The maximum Gasteiger partial charge on any atom is 0.331 e. The van der Waals surface area contributed by atoms with E-state index < -0.39 is 0 Å². The van der Waals surface area contributed by atoms with Crippen molar-refractivity contribution in [3.63, 3.8) is 0 Å². The largest absolute Gasteiger partial charge is 0.461 e. The topological polar surface area (TPSA) is 29.5 Å². The van der Waals surface area contributed by atoms with E-state index in [9.17, 15) is 4.79 Å². The molecular weight excluding hydrogens is 358 g/mol. The second-order valence-electron chi connectivity index (χ2n) is 8.62. The van der Waals surface area contributed by atoms with E-state index in [1.807, 2.05) is 19.1 Å². The summed E-state index contributed by atoms with van der Waals surface area (Å²) in [6, 6.07) is 0. The van der Waals surface area contributed by atoms with Crippen LogP contribution in [0.1, 0.15) is 67.7 Å². The third kappa shape index (κ3) is 9.45. The summed E-state index contributed by atoms with van der Waals surface area (Å²) in [4.78, 5) is 14.1. The number of hydrogen-bond donors (Lipinski definition) is 0. The highest BCUT2D eigenvalue weighted by Gasteiger charge is 2.26. The van der Waals surface area contributed by atoms with E-state index in [4.69, 9.17) is 4.74 Å². The molecule has 0 aromatic carbocycles. The Bertz CT molecular complexity index is 685. The minimum absolute atomic E-state index is 0.264. The lowest BCUT2D eigenvalue weighted by Gasteiger charge is -2.32. The van der Waals surface area contributed by atoms with Gasteiger partial charge in [0.1, 0.15) is 6.61 Å². The maximum absolute atomic E-state index is 11.9. The SMILES string of the molecule is CCN(CC)CCOC(=O)/C=C(C)/C=C/C=C(C)\C=C\C1=C(C)CCCC1(C)C. The zero-order valence-electron chi connectivity index (χ0n) is 19.7. The van der Waals surface area contributed by atoms with Crippen molar-refractivity contribution < 1.29 is 9.53 Å². The van der Waals surface area contributed by atoms with Gasteiger partial charge in [0, 0.05) is 12.6 Å². The zero-order chi connectivity index (χ0) is 21.9. The van der Waals surface area contributed by atoms with Crippen molar-refractivity contribution in [2.45, 2.75) is 67.7 Å². The lowest BCUT2D eigenvalue weighted by Crippen LogP contribution is -2.27. The fourth-order valence-corrected chi connectivity index (χ4v) is 3.72. The van der Waals surface area contributed by atoms with Gasteiger partial charge in [0.15, 0.2) is 0 Å². The fraction of sp³-hybridized carbons (Fsp3) is 0.577. The van der Waals surface area contributed by atoms with Crippen molar-refractivity contribution >= 4 is 5.97 Å². The zero-order valence-corrected chi connectivity index (χ0v) is 19.7. The van der Waals surface area contributed by atoms with Crippen LogP contribution in [-0.2, 0) is 9.53 Å². The average Bonchev–Trinajstić information content (AvgIpc) is 2.64. The molecule has 162 valence electrons. The first-order valence-electron chi connectivity index (χ1n) is 11.0. The molecule has 0 fully saturated rings. The first-order chi connectivity index (χ1) is 13.7. The molecule has 0 aromatic rings. The smallest absolute Gasteiger partial charge is 0.331 e. The van der Waals surface area contributed by atoms with Gasteiger partial charge in [-0.15, -0.1) is 0 Å². The Hall–Kier alpha value is -1.87. The van der Waals surface area contributed by atoms with Crippen LogP contribution in [0.15, 0.2) is 58.7 Å². The van der Waals surface area contributed by atoms with Crippen molar-refractivity contribution in [3.05, 3.63) is 58.7 Å². The summed E-state index contributed by atoms with van der Waals surface area (Å²) in [6.07, 6.45) is 15.8. The number of rotatable bonds is 10. The third-order valence-corrected chi connectivity index (χ3v) is 5.67. The Balaban J connectivity index is 2.58. The average molecular weight is 400 g/mol. The molecule has 0 aliphatic heterocycles. The van der Waals surface area contributed by atoms with Gasteiger partial charge in [0.25, 0.3) is 0 Å². The minimum Gasteiger partial charge on any atom is -0.461 e. The minimum atomic E-state index is -0.276. The van der Waals surface area contributed by atoms with Crippen LogP contribution in [0.3, 0.4) is 0 Å². The van der Waals surface area contributed by atoms with E-state index in [2.05, 4.69) is 64.7 Å². The second kappa shape index (κ2) is 12.6. The number of likely N-dealkylation sites (N-methyl/N-ethyl adjacent to an activating group) is 1. The van der Waals surface area contributed by atoms with Crippen LogP contribution in [0.25, 0.3) is 0 Å². The summed E-state index contributed by atoms with van der Waals surface area (Å²) in [6.45, 7) is 18.3. The molecule has 0 aromatic heterocycles. The summed E-state index contributed by atoms with van der Waals surface area (Å²) < 4.78 is 5.29. The normalized spacial score (nSPS) is 18.3. The van der Waals surface area contributed by atoms with Crippen LogP contribution in [0.2, 0.25) is 0 Å². The Labute approximate surface area is 178 Å². The van der Waals surface area contributed by atoms with Crippen molar-refractivity contribution in [2.24, 2.45) is 5.41 Å². The Morgan fingerprint density at radius 2 is 1.83 bits per heavy atom. The number of carbonyl (C=O) groups is 1.